The summed E-state index contributed by atoms with van der Waals surface area (Å²) in [5, 5.41) is 20.3. The van der Waals surface area contributed by atoms with E-state index in [0.717, 1.165) is 0 Å². The highest BCUT2D eigenvalue weighted by molar-refractivity contribution is 7.89. The number of aliphatic carboxylic acids is 1. The van der Waals surface area contributed by atoms with Gasteiger partial charge in [0.15, 0.2) is 4.90 Å². The molecule has 1 aromatic carbocycles. The summed E-state index contributed by atoms with van der Waals surface area (Å²) < 4.78 is 27.0. The van der Waals surface area contributed by atoms with Crippen LogP contribution in [0.25, 0.3) is 0 Å². The summed E-state index contributed by atoms with van der Waals surface area (Å²) in [5.41, 5.74) is -0.175. The minimum atomic E-state index is -4.35. The van der Waals surface area contributed by atoms with Crippen LogP contribution in [0.15, 0.2) is 17.0 Å². The molecule has 0 aliphatic rings. The number of hydrogen-bond acceptors (Lipinski definition) is 5. The van der Waals surface area contributed by atoms with Gasteiger partial charge in [-0.2, -0.15) is 4.72 Å². The minimum absolute atomic E-state index is 0.178. The summed E-state index contributed by atoms with van der Waals surface area (Å²) in [6, 6.07) is 1.52. The van der Waals surface area contributed by atoms with E-state index in [4.69, 9.17) is 5.11 Å². The molecule has 0 heterocycles. The maximum Gasteiger partial charge on any atom is 0.322 e. The van der Waals surface area contributed by atoms with Crippen molar-refractivity contribution in [2.45, 2.75) is 38.6 Å². The standard InChI is InChI=1S/C13H18N2O6S/c1-7(2)10(13(16)17)14-22(20,21)12-9(4)6-5-8(3)11(12)15(18)19/h5-7,10,14H,1-4H3,(H,16,17)/t10-/m1/s1. The Labute approximate surface area is 128 Å². The van der Waals surface area contributed by atoms with Gasteiger partial charge >= 0.3 is 5.97 Å². The van der Waals surface area contributed by atoms with E-state index in [2.05, 4.69) is 0 Å². The Hall–Kier alpha value is -2.00. The Bertz CT molecular complexity index is 711. The van der Waals surface area contributed by atoms with Crippen LogP contribution >= 0.6 is 0 Å². The van der Waals surface area contributed by atoms with Gasteiger partial charge in [0, 0.05) is 5.56 Å². The number of nitro groups is 1. The lowest BCUT2D eigenvalue weighted by Gasteiger charge is -2.19. The predicted molar refractivity (Wildman–Crippen MR) is 79.2 cm³/mol. The number of nitro benzene ring substituents is 1. The van der Waals surface area contributed by atoms with Crippen molar-refractivity contribution in [1.29, 1.82) is 0 Å². The molecule has 0 saturated heterocycles. The largest absolute Gasteiger partial charge is 0.480 e. The molecule has 0 aromatic heterocycles. The van der Waals surface area contributed by atoms with Gasteiger partial charge in [-0.15, -0.1) is 0 Å². The molecule has 8 nitrogen and oxygen atoms in total. The summed E-state index contributed by atoms with van der Waals surface area (Å²) in [6.07, 6.45) is 0. The summed E-state index contributed by atoms with van der Waals surface area (Å²) in [6.45, 7) is 5.93. The molecule has 0 bridgehead atoms. The zero-order chi connectivity index (χ0) is 17.2. The molecule has 0 spiro atoms. The van der Waals surface area contributed by atoms with Crippen LogP contribution in [-0.2, 0) is 14.8 Å². The molecular formula is C13H18N2O6S. The molecule has 9 heteroatoms. The first kappa shape index (κ1) is 18.1. The number of sulfonamides is 1. The van der Waals surface area contributed by atoms with Gasteiger partial charge in [0.2, 0.25) is 10.0 Å². The van der Waals surface area contributed by atoms with Crippen molar-refractivity contribution in [2.24, 2.45) is 5.92 Å². The Morgan fingerprint density at radius 2 is 1.77 bits per heavy atom. The molecule has 1 aromatic rings. The lowest BCUT2D eigenvalue weighted by molar-refractivity contribution is -0.388. The van der Waals surface area contributed by atoms with Crippen molar-refractivity contribution in [1.82, 2.24) is 4.72 Å². The molecule has 0 fully saturated rings. The first-order chi connectivity index (χ1) is 9.99. The number of aryl methyl sites for hydroxylation is 2. The molecule has 0 amide bonds. The van der Waals surface area contributed by atoms with E-state index < -0.39 is 43.5 Å². The zero-order valence-electron chi connectivity index (χ0n) is 12.7. The van der Waals surface area contributed by atoms with Crippen LogP contribution in [0.1, 0.15) is 25.0 Å². The van der Waals surface area contributed by atoms with Crippen molar-refractivity contribution in [2.75, 3.05) is 0 Å². The van der Waals surface area contributed by atoms with E-state index in [0.29, 0.717) is 0 Å². The first-order valence-electron chi connectivity index (χ1n) is 6.48. The first-order valence-corrected chi connectivity index (χ1v) is 7.97. The summed E-state index contributed by atoms with van der Waals surface area (Å²) in [7, 11) is -4.35. The highest BCUT2D eigenvalue weighted by Crippen LogP contribution is 2.30. The normalized spacial score (nSPS) is 13.1. The predicted octanol–water partition coefficient (Wildman–Crippen LogP) is 1.60. The Balaban J connectivity index is 3.50. The van der Waals surface area contributed by atoms with E-state index in [1.54, 1.807) is 13.8 Å². The second-order valence-corrected chi connectivity index (χ2v) is 6.97. The van der Waals surface area contributed by atoms with Gasteiger partial charge in [0.25, 0.3) is 5.69 Å². The van der Waals surface area contributed by atoms with E-state index in [1.807, 2.05) is 4.72 Å². The number of carboxylic acid groups (broad SMARTS) is 1. The quantitative estimate of drug-likeness (QED) is 0.602. The second-order valence-electron chi connectivity index (χ2n) is 5.32. The average molecular weight is 330 g/mol. The number of carboxylic acids is 1. The van der Waals surface area contributed by atoms with E-state index >= 15 is 0 Å². The molecule has 0 radical (unpaired) electrons. The summed E-state index contributed by atoms with van der Waals surface area (Å²) in [4.78, 5) is 21.1. The van der Waals surface area contributed by atoms with Crippen LogP contribution in [-0.4, -0.2) is 30.5 Å². The molecule has 0 unspecified atom stereocenters. The molecular weight excluding hydrogens is 312 g/mol. The van der Waals surface area contributed by atoms with Crippen molar-refractivity contribution in [3.8, 4) is 0 Å². The smallest absolute Gasteiger partial charge is 0.322 e. The topological polar surface area (TPSA) is 127 Å². The fourth-order valence-electron chi connectivity index (χ4n) is 2.03. The fraction of sp³-hybridized carbons (Fsp3) is 0.462. The van der Waals surface area contributed by atoms with Gasteiger partial charge in [-0.1, -0.05) is 26.0 Å². The Morgan fingerprint density at radius 1 is 1.27 bits per heavy atom. The van der Waals surface area contributed by atoms with Crippen LogP contribution in [0.2, 0.25) is 0 Å². The maximum atomic E-state index is 12.5. The van der Waals surface area contributed by atoms with Crippen molar-refractivity contribution < 1.29 is 23.2 Å². The van der Waals surface area contributed by atoms with Crippen molar-refractivity contribution in [3.63, 3.8) is 0 Å². The third kappa shape index (κ3) is 3.60. The third-order valence-electron chi connectivity index (χ3n) is 3.20. The highest BCUT2D eigenvalue weighted by atomic mass is 32.2. The zero-order valence-corrected chi connectivity index (χ0v) is 13.5. The van der Waals surface area contributed by atoms with Crippen LogP contribution < -0.4 is 4.72 Å². The van der Waals surface area contributed by atoms with Crippen LogP contribution in [0.4, 0.5) is 5.69 Å². The van der Waals surface area contributed by atoms with Gasteiger partial charge in [-0.05, 0) is 25.3 Å². The monoisotopic (exact) mass is 330 g/mol. The summed E-state index contributed by atoms with van der Waals surface area (Å²) >= 11 is 0. The van der Waals surface area contributed by atoms with Gasteiger partial charge < -0.3 is 5.11 Å². The van der Waals surface area contributed by atoms with Gasteiger partial charge in [-0.25, -0.2) is 8.42 Å². The van der Waals surface area contributed by atoms with Gasteiger partial charge in [0.1, 0.15) is 6.04 Å². The Morgan fingerprint density at radius 3 is 2.18 bits per heavy atom. The maximum absolute atomic E-state index is 12.5. The van der Waals surface area contributed by atoms with Gasteiger partial charge in [0.05, 0.1) is 4.92 Å². The van der Waals surface area contributed by atoms with E-state index in [9.17, 15) is 23.3 Å². The lowest BCUT2D eigenvalue weighted by Crippen LogP contribution is -2.44. The highest BCUT2D eigenvalue weighted by Gasteiger charge is 2.34. The van der Waals surface area contributed by atoms with Crippen LogP contribution in [0.5, 0.6) is 0 Å². The van der Waals surface area contributed by atoms with E-state index in [1.165, 1.54) is 26.0 Å². The van der Waals surface area contributed by atoms with Crippen LogP contribution in [0, 0.1) is 29.9 Å². The fourth-order valence-corrected chi connectivity index (χ4v) is 3.84. The van der Waals surface area contributed by atoms with Crippen molar-refractivity contribution >= 4 is 21.7 Å². The minimum Gasteiger partial charge on any atom is -0.480 e. The number of nitrogens with zero attached hydrogens (tertiary/aromatic N) is 1. The summed E-state index contributed by atoms with van der Waals surface area (Å²) in [5.74, 6) is -1.86. The molecule has 1 atom stereocenters. The molecule has 0 saturated carbocycles. The SMILES string of the molecule is Cc1ccc(C)c(S(=O)(=O)N[C@@H](C(=O)O)C(C)C)c1[N+](=O)[O-]. The molecule has 122 valence electrons. The van der Waals surface area contributed by atoms with Crippen LogP contribution in [0.3, 0.4) is 0 Å². The Kier molecular flexibility index (Phi) is 5.26. The molecule has 0 aliphatic heterocycles. The molecule has 22 heavy (non-hydrogen) atoms. The lowest BCUT2D eigenvalue weighted by atomic mass is 10.1. The molecule has 2 N–H and O–H groups in total. The van der Waals surface area contributed by atoms with Crippen molar-refractivity contribution in [3.05, 3.63) is 33.4 Å². The number of carbonyl (C=O) groups is 1. The second kappa shape index (κ2) is 6.41. The molecule has 0 aliphatic carbocycles. The average Bonchev–Trinajstić information content (AvgIpc) is 2.37. The molecule has 1 rings (SSSR count). The van der Waals surface area contributed by atoms with Gasteiger partial charge in [-0.3, -0.25) is 14.9 Å². The number of nitrogens with one attached hydrogen (secondary N) is 1. The number of benzene rings is 1. The number of hydrogen-bond donors (Lipinski definition) is 2. The van der Waals surface area contributed by atoms with E-state index in [-0.39, 0.29) is 11.1 Å². The third-order valence-corrected chi connectivity index (χ3v) is 4.81. The number of rotatable bonds is 6.